The number of nitrogens with one attached hydrogen (secondary N) is 1. The molecule has 104 valence electrons. The third-order valence-electron chi connectivity index (χ3n) is 3.05. The lowest BCUT2D eigenvalue weighted by molar-refractivity contribution is 0.102. The Morgan fingerprint density at radius 3 is 2.81 bits per heavy atom. The molecule has 1 amide bonds. The number of amides is 1. The molecule has 0 saturated heterocycles. The number of aromatic nitrogens is 3. The topological polar surface area (TPSA) is 59.8 Å². The molecule has 0 aliphatic heterocycles. The molecule has 0 aliphatic rings. The second-order valence-corrected chi connectivity index (χ2v) is 4.65. The lowest BCUT2D eigenvalue weighted by atomic mass is 10.1. The molecule has 5 nitrogen and oxygen atoms in total. The fourth-order valence-corrected chi connectivity index (χ4v) is 2.03. The number of aryl methyl sites for hydroxylation is 1. The summed E-state index contributed by atoms with van der Waals surface area (Å²) in [5.41, 5.74) is 3.09. The molecule has 0 atom stereocenters. The quantitative estimate of drug-likeness (QED) is 0.801. The maximum atomic E-state index is 12.1. The second-order valence-electron chi connectivity index (χ2n) is 4.65. The minimum absolute atomic E-state index is 0.179. The van der Waals surface area contributed by atoms with Crippen LogP contribution in [0.4, 0.5) is 5.69 Å². The van der Waals surface area contributed by atoms with Crippen molar-refractivity contribution in [1.82, 2.24) is 14.8 Å². The van der Waals surface area contributed by atoms with Gasteiger partial charge in [0.05, 0.1) is 17.5 Å². The molecular formula is C16H14N4O. The lowest BCUT2D eigenvalue weighted by Gasteiger charge is -2.06. The van der Waals surface area contributed by atoms with E-state index in [0.717, 1.165) is 16.9 Å². The number of carbonyl (C=O) groups excluding carboxylic acids is 1. The number of hydrogen-bond acceptors (Lipinski definition) is 3. The minimum atomic E-state index is -0.179. The van der Waals surface area contributed by atoms with Gasteiger partial charge in [-0.3, -0.25) is 14.5 Å². The van der Waals surface area contributed by atoms with Gasteiger partial charge in [-0.25, -0.2) is 0 Å². The van der Waals surface area contributed by atoms with Gasteiger partial charge in [-0.2, -0.15) is 5.10 Å². The van der Waals surface area contributed by atoms with E-state index in [9.17, 15) is 4.79 Å². The standard InChI is InChI=1S/C16H14N4O/c1-20-11-13(10-18-20)16(21)19-14-6-4-5-12(9-14)15-7-2-3-8-17-15/h2-11H,1H3,(H,19,21). The number of anilines is 1. The molecule has 0 spiro atoms. The van der Waals surface area contributed by atoms with Crippen molar-refractivity contribution >= 4 is 11.6 Å². The second kappa shape index (κ2) is 5.58. The maximum absolute atomic E-state index is 12.1. The van der Waals surface area contributed by atoms with Gasteiger partial charge in [0, 0.05) is 30.7 Å². The van der Waals surface area contributed by atoms with Gasteiger partial charge < -0.3 is 5.32 Å². The Hall–Kier alpha value is -2.95. The lowest BCUT2D eigenvalue weighted by Crippen LogP contribution is -2.11. The zero-order valence-electron chi connectivity index (χ0n) is 11.5. The van der Waals surface area contributed by atoms with Gasteiger partial charge >= 0.3 is 0 Å². The van der Waals surface area contributed by atoms with E-state index in [1.807, 2.05) is 42.5 Å². The van der Waals surface area contributed by atoms with Crippen molar-refractivity contribution in [3.63, 3.8) is 0 Å². The Balaban J connectivity index is 1.82. The maximum Gasteiger partial charge on any atom is 0.258 e. The fraction of sp³-hybridized carbons (Fsp3) is 0.0625. The van der Waals surface area contributed by atoms with Crippen molar-refractivity contribution in [2.24, 2.45) is 7.05 Å². The molecule has 3 aromatic rings. The van der Waals surface area contributed by atoms with E-state index < -0.39 is 0 Å². The molecule has 0 fully saturated rings. The molecule has 21 heavy (non-hydrogen) atoms. The summed E-state index contributed by atoms with van der Waals surface area (Å²) in [5.74, 6) is -0.179. The van der Waals surface area contributed by atoms with Gasteiger partial charge in [0.25, 0.3) is 5.91 Å². The molecule has 3 rings (SSSR count). The summed E-state index contributed by atoms with van der Waals surface area (Å²) in [4.78, 5) is 16.4. The highest BCUT2D eigenvalue weighted by atomic mass is 16.1. The largest absolute Gasteiger partial charge is 0.322 e. The van der Waals surface area contributed by atoms with E-state index in [4.69, 9.17) is 0 Å². The van der Waals surface area contributed by atoms with Crippen molar-refractivity contribution in [2.45, 2.75) is 0 Å². The van der Waals surface area contributed by atoms with Crippen molar-refractivity contribution in [1.29, 1.82) is 0 Å². The number of benzene rings is 1. The first-order chi connectivity index (χ1) is 10.2. The molecule has 0 radical (unpaired) electrons. The van der Waals surface area contributed by atoms with Crippen molar-refractivity contribution in [3.05, 3.63) is 66.6 Å². The highest BCUT2D eigenvalue weighted by Gasteiger charge is 2.08. The summed E-state index contributed by atoms with van der Waals surface area (Å²) in [6.45, 7) is 0. The van der Waals surface area contributed by atoms with Crippen LogP contribution in [0.15, 0.2) is 61.1 Å². The summed E-state index contributed by atoms with van der Waals surface area (Å²) >= 11 is 0. The third kappa shape index (κ3) is 2.97. The highest BCUT2D eigenvalue weighted by Crippen LogP contribution is 2.20. The summed E-state index contributed by atoms with van der Waals surface area (Å²) in [5, 5.41) is 6.85. The van der Waals surface area contributed by atoms with Crippen LogP contribution in [0.2, 0.25) is 0 Å². The Morgan fingerprint density at radius 1 is 1.19 bits per heavy atom. The van der Waals surface area contributed by atoms with Crippen LogP contribution in [0.3, 0.4) is 0 Å². The van der Waals surface area contributed by atoms with Gasteiger partial charge in [-0.1, -0.05) is 18.2 Å². The summed E-state index contributed by atoms with van der Waals surface area (Å²) in [7, 11) is 1.78. The Morgan fingerprint density at radius 2 is 2.10 bits per heavy atom. The third-order valence-corrected chi connectivity index (χ3v) is 3.05. The predicted octanol–water partition coefficient (Wildman–Crippen LogP) is 2.73. The molecule has 0 bridgehead atoms. The first kappa shape index (κ1) is 13.1. The van der Waals surface area contributed by atoms with Crippen LogP contribution in [-0.4, -0.2) is 20.7 Å². The van der Waals surface area contributed by atoms with Gasteiger partial charge in [0.2, 0.25) is 0 Å². The van der Waals surface area contributed by atoms with Gasteiger partial charge in [0.15, 0.2) is 0 Å². The van der Waals surface area contributed by atoms with Gasteiger partial charge in [-0.15, -0.1) is 0 Å². The molecule has 5 heteroatoms. The number of pyridine rings is 1. The van der Waals surface area contributed by atoms with E-state index >= 15 is 0 Å². The Kier molecular flexibility index (Phi) is 3.47. The molecule has 0 unspecified atom stereocenters. The molecule has 0 saturated carbocycles. The first-order valence-electron chi connectivity index (χ1n) is 6.54. The predicted molar refractivity (Wildman–Crippen MR) is 80.8 cm³/mol. The zero-order valence-corrected chi connectivity index (χ0v) is 11.5. The molecule has 2 aromatic heterocycles. The summed E-state index contributed by atoms with van der Waals surface area (Å²) < 4.78 is 1.60. The van der Waals surface area contributed by atoms with Crippen LogP contribution < -0.4 is 5.32 Å². The molecular weight excluding hydrogens is 264 g/mol. The average Bonchev–Trinajstić information content (AvgIpc) is 2.95. The van der Waals surface area contributed by atoms with Crippen LogP contribution in [-0.2, 0) is 7.05 Å². The molecule has 1 aromatic carbocycles. The van der Waals surface area contributed by atoms with Crippen molar-refractivity contribution < 1.29 is 4.79 Å². The number of nitrogens with zero attached hydrogens (tertiary/aromatic N) is 3. The Bertz CT molecular complexity index is 765. The van der Waals surface area contributed by atoms with E-state index in [-0.39, 0.29) is 5.91 Å². The minimum Gasteiger partial charge on any atom is -0.322 e. The van der Waals surface area contributed by atoms with E-state index in [1.54, 1.807) is 24.1 Å². The summed E-state index contributed by atoms with van der Waals surface area (Å²) in [6.07, 6.45) is 4.96. The van der Waals surface area contributed by atoms with Gasteiger partial charge in [-0.05, 0) is 24.3 Å². The fourth-order valence-electron chi connectivity index (χ4n) is 2.03. The monoisotopic (exact) mass is 278 g/mol. The zero-order chi connectivity index (χ0) is 14.7. The molecule has 0 aliphatic carbocycles. The number of carbonyl (C=O) groups is 1. The van der Waals surface area contributed by atoms with Crippen LogP contribution in [0, 0.1) is 0 Å². The van der Waals surface area contributed by atoms with Crippen molar-refractivity contribution in [3.8, 4) is 11.3 Å². The van der Waals surface area contributed by atoms with Crippen LogP contribution in [0.25, 0.3) is 11.3 Å². The normalized spacial score (nSPS) is 10.3. The van der Waals surface area contributed by atoms with E-state index in [2.05, 4.69) is 15.4 Å². The van der Waals surface area contributed by atoms with Crippen molar-refractivity contribution in [2.75, 3.05) is 5.32 Å². The van der Waals surface area contributed by atoms with E-state index in [0.29, 0.717) is 5.56 Å². The number of rotatable bonds is 3. The molecule has 1 N–H and O–H groups in total. The smallest absolute Gasteiger partial charge is 0.258 e. The SMILES string of the molecule is Cn1cc(C(=O)Nc2cccc(-c3ccccn3)c2)cn1. The van der Waals surface area contributed by atoms with Gasteiger partial charge in [0.1, 0.15) is 0 Å². The summed E-state index contributed by atoms with van der Waals surface area (Å²) in [6, 6.07) is 13.3. The van der Waals surface area contributed by atoms with Crippen LogP contribution >= 0.6 is 0 Å². The van der Waals surface area contributed by atoms with Crippen LogP contribution in [0.1, 0.15) is 10.4 Å². The first-order valence-corrected chi connectivity index (χ1v) is 6.54. The number of hydrogen-bond donors (Lipinski definition) is 1. The van der Waals surface area contributed by atoms with E-state index in [1.165, 1.54) is 6.20 Å². The molecule has 2 heterocycles. The Labute approximate surface area is 122 Å². The highest BCUT2D eigenvalue weighted by molar-refractivity contribution is 6.04. The average molecular weight is 278 g/mol. The van der Waals surface area contributed by atoms with Crippen LogP contribution in [0.5, 0.6) is 0 Å².